The highest BCUT2D eigenvalue weighted by molar-refractivity contribution is 7.99. The molecule has 2 aromatic carbocycles. The zero-order valence-electron chi connectivity index (χ0n) is 15.6. The molecule has 0 aliphatic heterocycles. The molecule has 0 unspecified atom stereocenters. The fraction of sp³-hybridized carbons (Fsp3) is 0.143. The molecule has 0 fully saturated rings. The second-order valence-electron chi connectivity index (χ2n) is 6.22. The van der Waals surface area contributed by atoms with E-state index in [9.17, 15) is 9.59 Å². The first-order valence-corrected chi connectivity index (χ1v) is 9.69. The number of anilines is 2. The van der Waals surface area contributed by atoms with E-state index in [-0.39, 0.29) is 17.6 Å². The van der Waals surface area contributed by atoms with Gasteiger partial charge in [0.05, 0.1) is 11.4 Å². The maximum absolute atomic E-state index is 12.2. The monoisotopic (exact) mass is 392 g/mol. The molecule has 0 atom stereocenters. The van der Waals surface area contributed by atoms with Crippen molar-refractivity contribution in [3.8, 4) is 11.3 Å². The van der Waals surface area contributed by atoms with Crippen molar-refractivity contribution in [1.82, 2.24) is 10.2 Å². The van der Waals surface area contributed by atoms with Gasteiger partial charge in [0.2, 0.25) is 11.8 Å². The van der Waals surface area contributed by atoms with Crippen molar-refractivity contribution < 1.29 is 9.59 Å². The molecule has 1 aromatic heterocycles. The lowest BCUT2D eigenvalue weighted by Gasteiger charge is -2.08. The van der Waals surface area contributed by atoms with Gasteiger partial charge in [-0.2, -0.15) is 0 Å². The molecule has 0 spiro atoms. The molecule has 3 aromatic rings. The molecule has 0 bridgehead atoms. The Labute approximate surface area is 167 Å². The lowest BCUT2D eigenvalue weighted by atomic mass is 10.1. The van der Waals surface area contributed by atoms with Gasteiger partial charge in [-0.25, -0.2) is 0 Å². The standard InChI is InChI=1S/C21H20N4O2S/c1-14-6-8-16(9-7-14)19-10-11-21(25-24-19)28-13-20(27)23-18-5-3-4-17(12-18)22-15(2)26/h3-12H,13H2,1-2H3,(H,22,26)(H,23,27). The van der Waals surface area contributed by atoms with Gasteiger partial charge in [0.25, 0.3) is 0 Å². The van der Waals surface area contributed by atoms with Crippen molar-refractivity contribution in [1.29, 1.82) is 0 Å². The third kappa shape index (κ3) is 5.65. The number of rotatable bonds is 6. The second-order valence-corrected chi connectivity index (χ2v) is 7.22. The number of aryl methyl sites for hydroxylation is 1. The number of hydrogen-bond donors (Lipinski definition) is 2. The van der Waals surface area contributed by atoms with Crippen LogP contribution in [0.25, 0.3) is 11.3 Å². The molecule has 3 rings (SSSR count). The van der Waals surface area contributed by atoms with Crippen molar-refractivity contribution in [3.05, 3.63) is 66.2 Å². The first kappa shape index (κ1) is 19.6. The van der Waals surface area contributed by atoms with Gasteiger partial charge in [0, 0.05) is 23.9 Å². The van der Waals surface area contributed by atoms with E-state index in [2.05, 4.69) is 20.8 Å². The zero-order chi connectivity index (χ0) is 19.9. The maximum Gasteiger partial charge on any atom is 0.234 e. The minimum atomic E-state index is -0.160. The largest absolute Gasteiger partial charge is 0.326 e. The number of carbonyl (C=O) groups is 2. The molecule has 0 radical (unpaired) electrons. The second kappa shape index (κ2) is 9.14. The first-order valence-electron chi connectivity index (χ1n) is 8.71. The van der Waals surface area contributed by atoms with E-state index in [0.29, 0.717) is 16.4 Å². The zero-order valence-corrected chi connectivity index (χ0v) is 16.4. The lowest BCUT2D eigenvalue weighted by molar-refractivity contribution is -0.114. The normalized spacial score (nSPS) is 10.4. The average molecular weight is 392 g/mol. The Morgan fingerprint density at radius 3 is 2.29 bits per heavy atom. The quantitative estimate of drug-likeness (QED) is 0.616. The SMILES string of the molecule is CC(=O)Nc1cccc(NC(=O)CSc2ccc(-c3ccc(C)cc3)nn2)c1. The van der Waals surface area contributed by atoms with Crippen molar-refractivity contribution in [2.24, 2.45) is 0 Å². The van der Waals surface area contributed by atoms with Gasteiger partial charge in [0.1, 0.15) is 5.03 Å². The Hall–Kier alpha value is -3.19. The van der Waals surface area contributed by atoms with Crippen LogP contribution in [0.15, 0.2) is 65.7 Å². The lowest BCUT2D eigenvalue weighted by Crippen LogP contribution is -2.14. The van der Waals surface area contributed by atoms with E-state index >= 15 is 0 Å². The molecule has 2 N–H and O–H groups in total. The summed E-state index contributed by atoms with van der Waals surface area (Å²) >= 11 is 1.31. The summed E-state index contributed by atoms with van der Waals surface area (Å²) in [7, 11) is 0. The van der Waals surface area contributed by atoms with Crippen molar-refractivity contribution >= 4 is 35.0 Å². The molecular weight excluding hydrogens is 372 g/mol. The highest BCUT2D eigenvalue weighted by Gasteiger charge is 2.07. The van der Waals surface area contributed by atoms with E-state index in [1.54, 1.807) is 24.3 Å². The Kier molecular flexibility index (Phi) is 6.39. The first-order chi connectivity index (χ1) is 13.5. The number of amides is 2. The third-order valence-corrected chi connectivity index (χ3v) is 4.73. The highest BCUT2D eigenvalue weighted by atomic mass is 32.2. The van der Waals surface area contributed by atoms with Crippen molar-refractivity contribution in [3.63, 3.8) is 0 Å². The molecule has 0 saturated carbocycles. The van der Waals surface area contributed by atoms with Crippen LogP contribution in [0.4, 0.5) is 11.4 Å². The van der Waals surface area contributed by atoms with Crippen LogP contribution in [0.3, 0.4) is 0 Å². The molecule has 142 valence electrons. The number of carbonyl (C=O) groups excluding carboxylic acids is 2. The number of nitrogens with zero attached hydrogens (tertiary/aromatic N) is 2. The smallest absolute Gasteiger partial charge is 0.234 e. The Balaban J connectivity index is 1.54. The summed E-state index contributed by atoms with van der Waals surface area (Å²) in [5.74, 6) is -0.107. The topological polar surface area (TPSA) is 84.0 Å². The molecule has 0 aliphatic carbocycles. The van der Waals surface area contributed by atoms with Crippen molar-refractivity contribution in [2.75, 3.05) is 16.4 Å². The van der Waals surface area contributed by atoms with Crippen LogP contribution in [0.5, 0.6) is 0 Å². The minimum absolute atomic E-state index is 0.158. The van der Waals surface area contributed by atoms with E-state index in [4.69, 9.17) is 0 Å². The third-order valence-electron chi connectivity index (χ3n) is 3.81. The minimum Gasteiger partial charge on any atom is -0.326 e. The Morgan fingerprint density at radius 1 is 0.929 bits per heavy atom. The summed E-state index contributed by atoms with van der Waals surface area (Å²) in [6.45, 7) is 3.48. The van der Waals surface area contributed by atoms with Crippen LogP contribution in [0, 0.1) is 6.92 Å². The van der Waals surface area contributed by atoms with Gasteiger partial charge in [-0.15, -0.1) is 10.2 Å². The van der Waals surface area contributed by atoms with Gasteiger partial charge >= 0.3 is 0 Å². The summed E-state index contributed by atoms with van der Waals surface area (Å²) in [6, 6.07) is 18.8. The molecule has 6 nitrogen and oxygen atoms in total. The van der Waals surface area contributed by atoms with Gasteiger partial charge in [-0.3, -0.25) is 9.59 Å². The van der Waals surface area contributed by atoms with Crippen molar-refractivity contribution in [2.45, 2.75) is 18.9 Å². The van der Waals surface area contributed by atoms with E-state index in [0.717, 1.165) is 11.3 Å². The van der Waals surface area contributed by atoms with E-state index in [1.165, 1.54) is 24.2 Å². The summed E-state index contributed by atoms with van der Waals surface area (Å²) < 4.78 is 0. The number of hydrogen-bond acceptors (Lipinski definition) is 5. The number of benzene rings is 2. The summed E-state index contributed by atoms with van der Waals surface area (Å²) in [5.41, 5.74) is 4.25. The van der Waals surface area contributed by atoms with Crippen LogP contribution >= 0.6 is 11.8 Å². The molecule has 7 heteroatoms. The van der Waals surface area contributed by atoms with E-state index in [1.807, 2.05) is 43.3 Å². The number of thioether (sulfide) groups is 1. The highest BCUT2D eigenvalue weighted by Crippen LogP contribution is 2.21. The molecule has 28 heavy (non-hydrogen) atoms. The predicted molar refractivity (Wildman–Crippen MR) is 112 cm³/mol. The van der Waals surface area contributed by atoms with Crippen LogP contribution in [-0.2, 0) is 9.59 Å². The molecule has 1 heterocycles. The average Bonchev–Trinajstić information content (AvgIpc) is 2.67. The van der Waals surface area contributed by atoms with Gasteiger partial charge in [0.15, 0.2) is 0 Å². The molecule has 0 aliphatic rings. The van der Waals surface area contributed by atoms with Gasteiger partial charge in [-0.05, 0) is 37.3 Å². The molecule has 0 saturated heterocycles. The van der Waals surface area contributed by atoms with Crippen LogP contribution in [0.1, 0.15) is 12.5 Å². The van der Waals surface area contributed by atoms with Gasteiger partial charge < -0.3 is 10.6 Å². The number of aromatic nitrogens is 2. The number of nitrogens with one attached hydrogen (secondary N) is 2. The molecule has 2 amide bonds. The summed E-state index contributed by atoms with van der Waals surface area (Å²) in [4.78, 5) is 23.3. The molecular formula is C21H20N4O2S. The van der Waals surface area contributed by atoms with Crippen LogP contribution < -0.4 is 10.6 Å². The van der Waals surface area contributed by atoms with Gasteiger partial charge in [-0.1, -0.05) is 47.7 Å². The van der Waals surface area contributed by atoms with Crippen LogP contribution in [-0.4, -0.2) is 27.8 Å². The fourth-order valence-electron chi connectivity index (χ4n) is 2.49. The summed E-state index contributed by atoms with van der Waals surface area (Å²) in [6.07, 6.45) is 0. The fourth-order valence-corrected chi connectivity index (χ4v) is 3.10. The summed E-state index contributed by atoms with van der Waals surface area (Å²) in [5, 5.41) is 14.6. The Morgan fingerprint density at radius 2 is 1.64 bits per heavy atom. The predicted octanol–water partition coefficient (Wildman–Crippen LogP) is 4.14. The van der Waals surface area contributed by atoms with Crippen LogP contribution in [0.2, 0.25) is 0 Å². The van der Waals surface area contributed by atoms with E-state index < -0.39 is 0 Å². The maximum atomic E-state index is 12.2. The Bertz CT molecular complexity index is 972.